The van der Waals surface area contributed by atoms with Gasteiger partial charge in [-0.2, -0.15) is 4.98 Å². The third-order valence-corrected chi connectivity index (χ3v) is 2.58. The van der Waals surface area contributed by atoms with Gasteiger partial charge < -0.3 is 15.8 Å². The lowest BCUT2D eigenvalue weighted by molar-refractivity contribution is -0.385. The summed E-state index contributed by atoms with van der Waals surface area (Å²) >= 11 is 0. The average molecular weight is 269 g/mol. The molecule has 1 rings (SSSR count). The molecule has 8 heteroatoms. The van der Waals surface area contributed by atoms with Crippen LogP contribution in [-0.4, -0.2) is 35.2 Å². The van der Waals surface area contributed by atoms with Gasteiger partial charge in [0.25, 0.3) is 0 Å². The normalized spacial score (nSPS) is 10.4. The summed E-state index contributed by atoms with van der Waals surface area (Å²) in [7, 11) is 1.66. The number of unbranched alkanes of at least 4 members (excludes halogenated alkanes) is 2. The van der Waals surface area contributed by atoms with Crippen LogP contribution in [0.1, 0.15) is 25.0 Å². The van der Waals surface area contributed by atoms with Crippen LogP contribution in [0.25, 0.3) is 0 Å². The molecule has 106 valence electrons. The summed E-state index contributed by atoms with van der Waals surface area (Å²) in [6.07, 6.45) is 2.82. The molecule has 0 saturated heterocycles. The van der Waals surface area contributed by atoms with Crippen LogP contribution >= 0.6 is 0 Å². The Morgan fingerprint density at radius 2 is 2.11 bits per heavy atom. The molecule has 1 aromatic rings. The lowest BCUT2D eigenvalue weighted by Gasteiger charge is -2.08. The van der Waals surface area contributed by atoms with E-state index in [1.165, 1.54) is 0 Å². The van der Waals surface area contributed by atoms with E-state index >= 15 is 0 Å². The Hall–Kier alpha value is -1.96. The monoisotopic (exact) mass is 269 g/mol. The number of nitrogens with zero attached hydrogens (tertiary/aromatic N) is 3. The van der Waals surface area contributed by atoms with E-state index in [4.69, 9.17) is 10.5 Å². The highest BCUT2D eigenvalue weighted by molar-refractivity contribution is 5.60. The fourth-order valence-corrected chi connectivity index (χ4v) is 1.69. The van der Waals surface area contributed by atoms with Crippen molar-refractivity contribution in [2.75, 3.05) is 31.3 Å². The molecule has 0 aliphatic heterocycles. The van der Waals surface area contributed by atoms with E-state index in [1.807, 2.05) is 0 Å². The molecule has 0 aliphatic rings. The van der Waals surface area contributed by atoms with E-state index in [0.717, 1.165) is 25.9 Å². The van der Waals surface area contributed by atoms with Crippen LogP contribution < -0.4 is 11.1 Å². The molecule has 0 bridgehead atoms. The molecular formula is C11H19N5O3. The first-order chi connectivity index (χ1) is 9.06. The van der Waals surface area contributed by atoms with Crippen LogP contribution in [0.15, 0.2) is 0 Å². The molecule has 3 N–H and O–H groups in total. The van der Waals surface area contributed by atoms with Crippen molar-refractivity contribution in [3.8, 4) is 0 Å². The SMILES string of the molecule is COCCCCCNc1nc(N)nc(C)c1[N+](=O)[O-]. The van der Waals surface area contributed by atoms with Crippen LogP contribution in [0.5, 0.6) is 0 Å². The minimum absolute atomic E-state index is 0.0324. The number of hydrogen-bond acceptors (Lipinski definition) is 7. The molecule has 0 aliphatic carbocycles. The Kier molecular flexibility index (Phi) is 5.94. The summed E-state index contributed by atoms with van der Waals surface area (Å²) in [6.45, 7) is 2.86. The van der Waals surface area contributed by atoms with E-state index in [9.17, 15) is 10.1 Å². The molecule has 0 spiro atoms. The van der Waals surface area contributed by atoms with Gasteiger partial charge in [0.15, 0.2) is 0 Å². The zero-order chi connectivity index (χ0) is 14.3. The Morgan fingerprint density at radius 3 is 2.74 bits per heavy atom. The number of ether oxygens (including phenoxy) is 1. The van der Waals surface area contributed by atoms with Crippen molar-refractivity contribution >= 4 is 17.5 Å². The van der Waals surface area contributed by atoms with E-state index in [2.05, 4.69) is 15.3 Å². The van der Waals surface area contributed by atoms with Crippen molar-refractivity contribution in [1.82, 2.24) is 9.97 Å². The second-order valence-electron chi connectivity index (χ2n) is 4.10. The van der Waals surface area contributed by atoms with Gasteiger partial charge in [0.1, 0.15) is 5.69 Å². The topological polar surface area (TPSA) is 116 Å². The number of nitrogens with one attached hydrogen (secondary N) is 1. The fraction of sp³-hybridized carbons (Fsp3) is 0.636. The van der Waals surface area contributed by atoms with E-state index in [1.54, 1.807) is 14.0 Å². The van der Waals surface area contributed by atoms with E-state index in [0.29, 0.717) is 6.54 Å². The minimum atomic E-state index is -0.498. The fourth-order valence-electron chi connectivity index (χ4n) is 1.69. The zero-order valence-corrected chi connectivity index (χ0v) is 11.2. The van der Waals surface area contributed by atoms with Crippen molar-refractivity contribution in [3.63, 3.8) is 0 Å². The number of methoxy groups -OCH3 is 1. The van der Waals surface area contributed by atoms with E-state index in [-0.39, 0.29) is 23.1 Å². The molecule has 8 nitrogen and oxygen atoms in total. The molecule has 1 aromatic heterocycles. The third kappa shape index (κ3) is 4.66. The maximum atomic E-state index is 11.0. The Balaban J connectivity index is 2.59. The summed E-state index contributed by atoms with van der Waals surface area (Å²) in [5.74, 6) is 0.215. The van der Waals surface area contributed by atoms with Gasteiger partial charge in [-0.25, -0.2) is 4.98 Å². The average Bonchev–Trinajstić information content (AvgIpc) is 2.32. The lowest BCUT2D eigenvalue weighted by atomic mass is 10.2. The minimum Gasteiger partial charge on any atom is -0.385 e. The lowest BCUT2D eigenvalue weighted by Crippen LogP contribution is -2.10. The van der Waals surface area contributed by atoms with Crippen molar-refractivity contribution in [2.45, 2.75) is 26.2 Å². The highest BCUT2D eigenvalue weighted by Crippen LogP contribution is 2.25. The number of nitrogen functional groups attached to an aromatic ring is 1. The molecule has 0 radical (unpaired) electrons. The number of aromatic nitrogens is 2. The number of hydrogen-bond donors (Lipinski definition) is 2. The van der Waals surface area contributed by atoms with Crippen molar-refractivity contribution in [3.05, 3.63) is 15.8 Å². The van der Waals surface area contributed by atoms with Gasteiger partial charge in [0, 0.05) is 20.3 Å². The van der Waals surface area contributed by atoms with Crippen LogP contribution in [-0.2, 0) is 4.74 Å². The third-order valence-electron chi connectivity index (χ3n) is 2.58. The van der Waals surface area contributed by atoms with E-state index < -0.39 is 4.92 Å². The number of anilines is 2. The smallest absolute Gasteiger partial charge is 0.332 e. The van der Waals surface area contributed by atoms with Crippen LogP contribution in [0.4, 0.5) is 17.5 Å². The number of aryl methyl sites for hydroxylation is 1. The molecular weight excluding hydrogens is 250 g/mol. The molecule has 0 aromatic carbocycles. The van der Waals surface area contributed by atoms with Crippen molar-refractivity contribution in [2.24, 2.45) is 0 Å². The predicted molar refractivity (Wildman–Crippen MR) is 72.1 cm³/mol. The van der Waals surface area contributed by atoms with Crippen LogP contribution in [0.3, 0.4) is 0 Å². The Labute approximate surface area is 111 Å². The van der Waals surface area contributed by atoms with Crippen molar-refractivity contribution in [1.29, 1.82) is 0 Å². The first kappa shape index (κ1) is 15.1. The Bertz CT molecular complexity index is 439. The van der Waals surface area contributed by atoms with Gasteiger partial charge in [-0.15, -0.1) is 0 Å². The maximum Gasteiger partial charge on any atom is 0.332 e. The molecule has 0 atom stereocenters. The molecule has 0 fully saturated rings. The zero-order valence-electron chi connectivity index (χ0n) is 11.2. The molecule has 19 heavy (non-hydrogen) atoms. The molecule has 0 saturated carbocycles. The number of rotatable bonds is 8. The second kappa shape index (κ2) is 7.47. The quantitative estimate of drug-likeness (QED) is 0.417. The molecule has 1 heterocycles. The van der Waals surface area contributed by atoms with Gasteiger partial charge in [-0.05, 0) is 26.2 Å². The van der Waals surface area contributed by atoms with Crippen LogP contribution in [0.2, 0.25) is 0 Å². The van der Waals surface area contributed by atoms with Crippen LogP contribution in [0, 0.1) is 17.0 Å². The Morgan fingerprint density at radius 1 is 1.37 bits per heavy atom. The highest BCUT2D eigenvalue weighted by Gasteiger charge is 2.20. The largest absolute Gasteiger partial charge is 0.385 e. The summed E-state index contributed by atoms with van der Waals surface area (Å²) < 4.78 is 4.94. The first-order valence-electron chi connectivity index (χ1n) is 6.07. The summed E-state index contributed by atoms with van der Waals surface area (Å²) in [4.78, 5) is 18.1. The first-order valence-corrected chi connectivity index (χ1v) is 6.07. The van der Waals surface area contributed by atoms with Gasteiger partial charge in [0.05, 0.1) is 4.92 Å². The van der Waals surface area contributed by atoms with Crippen molar-refractivity contribution < 1.29 is 9.66 Å². The standard InChI is InChI=1S/C11H19N5O3/c1-8-9(16(17)18)10(15-11(12)14-8)13-6-4-3-5-7-19-2/h3-7H2,1-2H3,(H3,12,13,14,15). The van der Waals surface area contributed by atoms with Gasteiger partial charge >= 0.3 is 5.69 Å². The summed E-state index contributed by atoms with van der Waals surface area (Å²) in [5, 5.41) is 13.9. The maximum absolute atomic E-state index is 11.0. The summed E-state index contributed by atoms with van der Waals surface area (Å²) in [5.41, 5.74) is 5.64. The highest BCUT2D eigenvalue weighted by atomic mass is 16.6. The number of nitro groups is 1. The van der Waals surface area contributed by atoms with Gasteiger partial charge in [-0.1, -0.05) is 0 Å². The predicted octanol–water partition coefficient (Wildman–Crippen LogP) is 1.50. The second-order valence-corrected chi connectivity index (χ2v) is 4.10. The number of nitrogens with two attached hydrogens (primary N) is 1. The summed E-state index contributed by atoms with van der Waals surface area (Å²) in [6, 6.07) is 0. The van der Waals surface area contributed by atoms with Gasteiger partial charge in [-0.3, -0.25) is 10.1 Å². The molecule has 0 amide bonds. The molecule has 0 unspecified atom stereocenters. The van der Waals surface area contributed by atoms with Gasteiger partial charge in [0.2, 0.25) is 11.8 Å².